The number of primary sulfonamides is 1. The van der Waals surface area contributed by atoms with Gasteiger partial charge >= 0.3 is 0 Å². The van der Waals surface area contributed by atoms with Gasteiger partial charge in [-0.15, -0.1) is 0 Å². The zero-order valence-electron chi connectivity index (χ0n) is 23.1. The molecular weight excluding hydrogens is 500 g/mol. The standard InChI is InChI=1S/C30H46N2O5S/c1-18(7-10-27(35)32-20-5-4-6-22(17-20)38(31,36)37)23-8-9-24-28-25(12-14-30(23,24)3)29(2)13-11-21(33)15-19(29)16-26(28)34/h4-6,17-19,21,23-26,28,33-34H,7-16H2,1-3H3,(H,32,35)(H2,31,36,37)/t18-,19+,21-,23-,24+,25+,26+,28+,29+,30-/m1/s1. The van der Waals surface area contributed by atoms with Crippen molar-refractivity contribution in [3.05, 3.63) is 24.3 Å². The Morgan fingerprint density at radius 1 is 1.08 bits per heavy atom. The van der Waals surface area contributed by atoms with E-state index in [1.807, 2.05) is 0 Å². The van der Waals surface area contributed by atoms with E-state index < -0.39 is 10.0 Å². The van der Waals surface area contributed by atoms with Gasteiger partial charge in [0, 0.05) is 12.1 Å². The van der Waals surface area contributed by atoms with Crippen LogP contribution in [0.5, 0.6) is 0 Å². The van der Waals surface area contributed by atoms with E-state index in [9.17, 15) is 23.4 Å². The summed E-state index contributed by atoms with van der Waals surface area (Å²) in [7, 11) is -3.82. The fourth-order valence-electron chi connectivity index (χ4n) is 9.71. The molecule has 1 aromatic rings. The minimum absolute atomic E-state index is 0.0151. The molecule has 0 spiro atoms. The SMILES string of the molecule is C[C@H](CCC(=O)Nc1cccc(S(N)(=O)=O)c1)[C@H]1CC[C@H]2[C@@H]3[C@@H](O)C[C@@H]4C[C@H](O)CC[C@]4(C)[C@H]3CC[C@]12C. The first-order chi connectivity index (χ1) is 17.8. The highest BCUT2D eigenvalue weighted by Crippen LogP contribution is 2.68. The Morgan fingerprint density at radius 2 is 1.79 bits per heavy atom. The van der Waals surface area contributed by atoms with E-state index in [0.29, 0.717) is 47.6 Å². The first kappa shape index (κ1) is 28.1. The monoisotopic (exact) mass is 546 g/mol. The van der Waals surface area contributed by atoms with Crippen LogP contribution in [-0.2, 0) is 14.8 Å². The van der Waals surface area contributed by atoms with Crippen molar-refractivity contribution in [2.45, 2.75) is 102 Å². The number of carbonyl (C=O) groups is 1. The third-order valence-electron chi connectivity index (χ3n) is 11.7. The van der Waals surface area contributed by atoms with E-state index in [1.165, 1.54) is 18.6 Å². The number of sulfonamides is 1. The van der Waals surface area contributed by atoms with Crippen LogP contribution in [0.2, 0.25) is 0 Å². The molecular formula is C30H46N2O5S. The Labute approximate surface area is 228 Å². The Hall–Kier alpha value is -1.48. The highest BCUT2D eigenvalue weighted by atomic mass is 32.2. The van der Waals surface area contributed by atoms with Crippen molar-refractivity contribution in [3.8, 4) is 0 Å². The molecule has 5 N–H and O–H groups in total. The number of aliphatic hydroxyl groups is 2. The lowest BCUT2D eigenvalue weighted by atomic mass is 9.43. The molecule has 0 saturated heterocycles. The van der Waals surface area contributed by atoms with Gasteiger partial charge in [0.25, 0.3) is 0 Å². The number of aliphatic hydroxyl groups excluding tert-OH is 2. The van der Waals surface area contributed by atoms with Gasteiger partial charge in [0.05, 0.1) is 17.1 Å². The molecule has 8 heteroatoms. The van der Waals surface area contributed by atoms with Gasteiger partial charge in [-0.3, -0.25) is 4.79 Å². The van der Waals surface area contributed by atoms with E-state index in [4.69, 9.17) is 5.14 Å². The lowest BCUT2D eigenvalue weighted by Crippen LogP contribution is -2.58. The smallest absolute Gasteiger partial charge is 0.238 e. The van der Waals surface area contributed by atoms with Crippen molar-refractivity contribution in [3.63, 3.8) is 0 Å². The highest BCUT2D eigenvalue weighted by molar-refractivity contribution is 7.89. The molecule has 38 heavy (non-hydrogen) atoms. The molecule has 0 unspecified atom stereocenters. The summed E-state index contributed by atoms with van der Waals surface area (Å²) in [6, 6.07) is 6.06. The second-order valence-electron chi connectivity index (χ2n) is 13.6. The van der Waals surface area contributed by atoms with Crippen molar-refractivity contribution >= 4 is 21.6 Å². The van der Waals surface area contributed by atoms with Gasteiger partial charge in [-0.1, -0.05) is 26.8 Å². The topological polar surface area (TPSA) is 130 Å². The van der Waals surface area contributed by atoms with Crippen molar-refractivity contribution < 1.29 is 23.4 Å². The minimum Gasteiger partial charge on any atom is -0.393 e. The van der Waals surface area contributed by atoms with Crippen molar-refractivity contribution in [2.24, 2.45) is 51.5 Å². The highest BCUT2D eigenvalue weighted by Gasteiger charge is 2.62. The van der Waals surface area contributed by atoms with Crippen LogP contribution in [0, 0.1) is 46.3 Å². The van der Waals surface area contributed by atoms with Gasteiger partial charge in [-0.25, -0.2) is 13.6 Å². The molecule has 0 aliphatic heterocycles. The van der Waals surface area contributed by atoms with Gasteiger partial charge in [-0.05, 0) is 122 Å². The third kappa shape index (κ3) is 4.95. The van der Waals surface area contributed by atoms with Crippen LogP contribution in [0.25, 0.3) is 0 Å². The maximum Gasteiger partial charge on any atom is 0.238 e. The number of benzene rings is 1. The van der Waals surface area contributed by atoms with Gasteiger partial charge in [0.2, 0.25) is 15.9 Å². The zero-order chi connectivity index (χ0) is 27.5. The summed E-state index contributed by atoms with van der Waals surface area (Å²) in [5, 5.41) is 29.8. The first-order valence-electron chi connectivity index (χ1n) is 14.6. The molecule has 7 nitrogen and oxygen atoms in total. The number of anilines is 1. The molecule has 10 atom stereocenters. The molecule has 4 aliphatic rings. The quantitative estimate of drug-likeness (QED) is 0.412. The summed E-state index contributed by atoms with van der Waals surface area (Å²) in [4.78, 5) is 12.7. The molecule has 212 valence electrons. The largest absolute Gasteiger partial charge is 0.393 e. The second-order valence-corrected chi connectivity index (χ2v) is 15.2. The van der Waals surface area contributed by atoms with Crippen LogP contribution in [0.15, 0.2) is 29.2 Å². The van der Waals surface area contributed by atoms with Crippen LogP contribution in [0.4, 0.5) is 5.69 Å². The van der Waals surface area contributed by atoms with Crippen LogP contribution in [0.3, 0.4) is 0 Å². The molecule has 0 bridgehead atoms. The molecule has 1 aromatic carbocycles. The van der Waals surface area contributed by atoms with Crippen molar-refractivity contribution in [1.82, 2.24) is 0 Å². The van der Waals surface area contributed by atoms with Crippen LogP contribution in [-0.4, -0.2) is 36.7 Å². The molecule has 1 amide bonds. The molecule has 0 aromatic heterocycles. The van der Waals surface area contributed by atoms with E-state index >= 15 is 0 Å². The number of nitrogens with one attached hydrogen (secondary N) is 1. The molecule has 0 heterocycles. The minimum atomic E-state index is -3.82. The molecule has 4 saturated carbocycles. The maximum atomic E-state index is 12.7. The number of rotatable bonds is 6. The van der Waals surface area contributed by atoms with Gasteiger partial charge in [0.1, 0.15) is 0 Å². The van der Waals surface area contributed by atoms with Crippen molar-refractivity contribution in [1.29, 1.82) is 0 Å². The molecule has 4 aliphatic carbocycles. The summed E-state index contributed by atoms with van der Waals surface area (Å²) in [5.41, 5.74) is 0.847. The first-order valence-corrected chi connectivity index (χ1v) is 16.2. The Kier molecular flexibility index (Phi) is 7.51. The Morgan fingerprint density at radius 3 is 2.53 bits per heavy atom. The summed E-state index contributed by atoms with van der Waals surface area (Å²) < 4.78 is 23.3. The van der Waals surface area contributed by atoms with Gasteiger partial charge in [-0.2, -0.15) is 0 Å². The predicted molar refractivity (Wildman–Crippen MR) is 147 cm³/mol. The number of amides is 1. The van der Waals surface area contributed by atoms with Gasteiger partial charge < -0.3 is 15.5 Å². The molecule has 0 radical (unpaired) electrons. The number of hydrogen-bond acceptors (Lipinski definition) is 5. The molecule has 5 rings (SSSR count). The number of carbonyl (C=O) groups excluding carboxylic acids is 1. The fourth-order valence-corrected chi connectivity index (χ4v) is 10.3. The van der Waals surface area contributed by atoms with Crippen molar-refractivity contribution in [2.75, 3.05) is 5.32 Å². The third-order valence-corrected chi connectivity index (χ3v) is 12.6. The average molecular weight is 547 g/mol. The second kappa shape index (κ2) is 10.2. The lowest BCUT2D eigenvalue weighted by molar-refractivity contribution is -0.174. The van der Waals surface area contributed by atoms with E-state index in [0.717, 1.165) is 51.4 Å². The van der Waals surface area contributed by atoms with E-state index in [-0.39, 0.29) is 33.8 Å². The zero-order valence-corrected chi connectivity index (χ0v) is 23.9. The maximum absolute atomic E-state index is 12.7. The summed E-state index contributed by atoms with van der Waals surface area (Å²) in [5.74, 6) is 2.62. The van der Waals surface area contributed by atoms with Crippen LogP contribution < -0.4 is 10.5 Å². The Bertz CT molecular complexity index is 1160. The lowest BCUT2D eigenvalue weighted by Gasteiger charge is -2.62. The summed E-state index contributed by atoms with van der Waals surface area (Å²) in [6.07, 6.45) is 8.94. The van der Waals surface area contributed by atoms with Crippen LogP contribution >= 0.6 is 0 Å². The summed E-state index contributed by atoms with van der Waals surface area (Å²) >= 11 is 0. The Balaban J connectivity index is 1.23. The molecule has 4 fully saturated rings. The van der Waals surface area contributed by atoms with E-state index in [2.05, 4.69) is 26.1 Å². The number of fused-ring (bicyclic) bond motifs is 5. The fraction of sp³-hybridized carbons (Fsp3) is 0.767. The number of nitrogens with two attached hydrogens (primary N) is 1. The van der Waals surface area contributed by atoms with E-state index in [1.54, 1.807) is 12.1 Å². The average Bonchev–Trinajstić information content (AvgIpc) is 3.20. The summed E-state index contributed by atoms with van der Waals surface area (Å²) in [6.45, 7) is 7.17. The predicted octanol–water partition coefficient (Wildman–Crippen LogP) is 4.68. The normalized spacial score (nSPS) is 41.5. The van der Waals surface area contributed by atoms with Crippen LogP contribution in [0.1, 0.15) is 85.0 Å². The van der Waals surface area contributed by atoms with Gasteiger partial charge in [0.15, 0.2) is 0 Å². The number of hydrogen-bond donors (Lipinski definition) is 4.